The van der Waals surface area contributed by atoms with E-state index in [9.17, 15) is 4.79 Å². The lowest BCUT2D eigenvalue weighted by atomic mass is 10.1. The molecule has 0 radical (unpaired) electrons. The molecule has 5 heteroatoms. The molecule has 28 heavy (non-hydrogen) atoms. The topological polar surface area (TPSA) is 44.8 Å². The number of amides is 1. The van der Waals surface area contributed by atoms with Crippen LogP contribution in [0.5, 0.6) is 5.75 Å². The summed E-state index contributed by atoms with van der Waals surface area (Å²) in [7, 11) is 1.63. The van der Waals surface area contributed by atoms with E-state index in [2.05, 4.69) is 35.0 Å². The van der Waals surface area contributed by atoms with E-state index in [-0.39, 0.29) is 5.91 Å². The van der Waals surface area contributed by atoms with Crippen molar-refractivity contribution < 1.29 is 9.53 Å². The van der Waals surface area contributed by atoms with E-state index in [0.717, 1.165) is 49.7 Å². The van der Waals surface area contributed by atoms with Gasteiger partial charge in [-0.05, 0) is 61.0 Å². The number of nitrogens with one attached hydrogen (secondary N) is 1. The zero-order valence-corrected chi connectivity index (χ0v) is 16.9. The molecule has 0 atom stereocenters. The van der Waals surface area contributed by atoms with E-state index in [1.165, 1.54) is 11.3 Å². The van der Waals surface area contributed by atoms with Crippen molar-refractivity contribution in [3.05, 3.63) is 59.7 Å². The molecular weight excluding hydrogens is 350 g/mol. The van der Waals surface area contributed by atoms with Gasteiger partial charge in [0.1, 0.15) is 5.75 Å². The Morgan fingerprint density at radius 3 is 2.61 bits per heavy atom. The number of likely N-dealkylation sites (N-methyl/N-ethyl adjacent to an activating group) is 1. The van der Waals surface area contributed by atoms with Crippen LogP contribution in [0, 0.1) is 6.92 Å². The Balaban J connectivity index is 1.60. The third-order valence-electron chi connectivity index (χ3n) is 5.15. The number of methoxy groups -OCH3 is 1. The highest BCUT2D eigenvalue weighted by molar-refractivity contribution is 6.02. The Bertz CT molecular complexity index is 839. The molecule has 1 saturated heterocycles. The third-order valence-corrected chi connectivity index (χ3v) is 5.15. The minimum absolute atomic E-state index is 0.147. The Hall–Kier alpha value is -2.79. The van der Waals surface area contributed by atoms with Crippen molar-refractivity contribution in [3.63, 3.8) is 0 Å². The van der Waals surface area contributed by atoms with E-state index in [1.807, 2.05) is 36.4 Å². The van der Waals surface area contributed by atoms with Crippen molar-refractivity contribution in [1.82, 2.24) is 4.90 Å². The van der Waals surface area contributed by atoms with E-state index >= 15 is 0 Å². The fourth-order valence-corrected chi connectivity index (χ4v) is 3.49. The largest absolute Gasteiger partial charge is 0.497 e. The van der Waals surface area contributed by atoms with Crippen LogP contribution in [0.3, 0.4) is 0 Å². The molecule has 1 N–H and O–H groups in total. The van der Waals surface area contributed by atoms with E-state index in [1.54, 1.807) is 19.3 Å². The van der Waals surface area contributed by atoms with Gasteiger partial charge in [0.15, 0.2) is 0 Å². The predicted molar refractivity (Wildman–Crippen MR) is 116 cm³/mol. The lowest BCUT2D eigenvalue weighted by Gasteiger charge is -2.36. The van der Waals surface area contributed by atoms with Crippen LogP contribution in [0.25, 0.3) is 6.08 Å². The average Bonchev–Trinajstić information content (AvgIpc) is 2.73. The minimum atomic E-state index is -0.147. The standard InChI is InChI=1S/C23H29N3O2/c1-4-25-12-14-26(15-13-25)22-10-9-20(16-18(22)2)24-23(27)11-8-19-6-5-7-21(17-19)28-3/h5-11,16-17H,4,12-15H2,1-3H3,(H,24,27)/b11-8+. The van der Waals surface area contributed by atoms with Crippen molar-refractivity contribution in [2.24, 2.45) is 0 Å². The van der Waals surface area contributed by atoms with Crippen LogP contribution in [0.2, 0.25) is 0 Å². The van der Waals surface area contributed by atoms with Crippen LogP contribution >= 0.6 is 0 Å². The van der Waals surface area contributed by atoms with Crippen LogP contribution in [0.4, 0.5) is 11.4 Å². The summed E-state index contributed by atoms with van der Waals surface area (Å²) in [6.45, 7) is 9.71. The first-order valence-electron chi connectivity index (χ1n) is 9.80. The molecule has 0 saturated carbocycles. The van der Waals surface area contributed by atoms with Gasteiger partial charge in [0, 0.05) is 43.6 Å². The monoisotopic (exact) mass is 379 g/mol. The summed E-state index contributed by atoms with van der Waals surface area (Å²) in [6.07, 6.45) is 3.33. The summed E-state index contributed by atoms with van der Waals surface area (Å²) < 4.78 is 5.20. The minimum Gasteiger partial charge on any atom is -0.497 e. The van der Waals surface area contributed by atoms with Gasteiger partial charge >= 0.3 is 0 Å². The molecule has 1 aliphatic heterocycles. The molecule has 2 aromatic carbocycles. The van der Waals surface area contributed by atoms with Gasteiger partial charge in [-0.3, -0.25) is 4.79 Å². The first-order chi connectivity index (χ1) is 13.6. The lowest BCUT2D eigenvalue weighted by molar-refractivity contribution is -0.111. The summed E-state index contributed by atoms with van der Waals surface area (Å²) >= 11 is 0. The second kappa shape index (κ2) is 9.42. The first kappa shape index (κ1) is 20.0. The normalized spacial score (nSPS) is 15.0. The third kappa shape index (κ3) is 5.14. The van der Waals surface area contributed by atoms with Crippen molar-refractivity contribution in [1.29, 1.82) is 0 Å². The number of hydrogen-bond acceptors (Lipinski definition) is 4. The zero-order chi connectivity index (χ0) is 19.9. The number of piperazine rings is 1. The number of carbonyl (C=O) groups excluding carboxylic acids is 1. The molecule has 0 aromatic heterocycles. The molecule has 0 unspecified atom stereocenters. The maximum absolute atomic E-state index is 12.3. The molecule has 3 rings (SSSR count). The van der Waals surface area contributed by atoms with Crippen LogP contribution in [0.1, 0.15) is 18.1 Å². The van der Waals surface area contributed by atoms with Gasteiger partial charge in [-0.1, -0.05) is 19.1 Å². The molecule has 0 spiro atoms. The molecule has 0 bridgehead atoms. The highest BCUT2D eigenvalue weighted by Crippen LogP contribution is 2.25. The Morgan fingerprint density at radius 2 is 1.93 bits per heavy atom. The highest BCUT2D eigenvalue weighted by Gasteiger charge is 2.17. The molecular formula is C23H29N3O2. The Kier molecular flexibility index (Phi) is 6.71. The number of carbonyl (C=O) groups is 1. The second-order valence-electron chi connectivity index (χ2n) is 7.02. The van der Waals surface area contributed by atoms with Crippen LogP contribution < -0.4 is 15.0 Å². The van der Waals surface area contributed by atoms with Gasteiger partial charge in [-0.2, -0.15) is 0 Å². The van der Waals surface area contributed by atoms with Crippen molar-refractivity contribution >= 4 is 23.4 Å². The number of nitrogens with zero attached hydrogens (tertiary/aromatic N) is 2. The number of hydrogen-bond donors (Lipinski definition) is 1. The molecule has 148 valence electrons. The quantitative estimate of drug-likeness (QED) is 0.776. The van der Waals surface area contributed by atoms with Gasteiger partial charge in [-0.25, -0.2) is 0 Å². The van der Waals surface area contributed by atoms with E-state index < -0.39 is 0 Å². The smallest absolute Gasteiger partial charge is 0.248 e. The van der Waals surface area contributed by atoms with Crippen LogP contribution in [-0.4, -0.2) is 50.6 Å². The van der Waals surface area contributed by atoms with Gasteiger partial charge in [-0.15, -0.1) is 0 Å². The van der Waals surface area contributed by atoms with Crippen LogP contribution in [-0.2, 0) is 4.79 Å². The van der Waals surface area contributed by atoms with E-state index in [0.29, 0.717) is 0 Å². The summed E-state index contributed by atoms with van der Waals surface area (Å²) in [5, 5.41) is 2.94. The summed E-state index contributed by atoms with van der Waals surface area (Å²) in [6, 6.07) is 13.7. The van der Waals surface area contributed by atoms with E-state index in [4.69, 9.17) is 4.74 Å². The molecule has 1 amide bonds. The summed E-state index contributed by atoms with van der Waals surface area (Å²) in [4.78, 5) is 17.2. The Labute approximate surface area is 167 Å². The summed E-state index contributed by atoms with van der Waals surface area (Å²) in [5.41, 5.74) is 4.17. The number of anilines is 2. The van der Waals surface area contributed by atoms with Gasteiger partial charge in [0.05, 0.1) is 7.11 Å². The van der Waals surface area contributed by atoms with Gasteiger partial charge < -0.3 is 19.9 Å². The first-order valence-corrected chi connectivity index (χ1v) is 9.80. The molecule has 1 aliphatic rings. The molecule has 0 aliphatic carbocycles. The Morgan fingerprint density at radius 1 is 1.14 bits per heavy atom. The predicted octanol–water partition coefficient (Wildman–Crippen LogP) is 3.80. The van der Waals surface area contributed by atoms with Crippen molar-refractivity contribution in [2.75, 3.05) is 50.1 Å². The fourth-order valence-electron chi connectivity index (χ4n) is 3.49. The fraction of sp³-hybridized carbons (Fsp3) is 0.348. The maximum Gasteiger partial charge on any atom is 0.248 e. The van der Waals surface area contributed by atoms with Gasteiger partial charge in [0.2, 0.25) is 5.91 Å². The molecule has 1 fully saturated rings. The molecule has 2 aromatic rings. The molecule has 1 heterocycles. The summed E-state index contributed by atoms with van der Waals surface area (Å²) in [5.74, 6) is 0.625. The molecule has 5 nitrogen and oxygen atoms in total. The van der Waals surface area contributed by atoms with Crippen molar-refractivity contribution in [2.45, 2.75) is 13.8 Å². The zero-order valence-electron chi connectivity index (χ0n) is 16.9. The SMILES string of the molecule is CCN1CCN(c2ccc(NC(=O)/C=C/c3cccc(OC)c3)cc2C)CC1. The number of benzene rings is 2. The number of aryl methyl sites for hydroxylation is 1. The van der Waals surface area contributed by atoms with Gasteiger partial charge in [0.25, 0.3) is 0 Å². The van der Waals surface area contributed by atoms with Crippen molar-refractivity contribution in [3.8, 4) is 5.75 Å². The van der Waals surface area contributed by atoms with Crippen LogP contribution in [0.15, 0.2) is 48.5 Å². The number of rotatable bonds is 6. The number of ether oxygens (including phenoxy) is 1. The second-order valence-corrected chi connectivity index (χ2v) is 7.02. The highest BCUT2D eigenvalue weighted by atomic mass is 16.5. The average molecular weight is 380 g/mol. The maximum atomic E-state index is 12.3. The lowest BCUT2D eigenvalue weighted by Crippen LogP contribution is -2.46.